The van der Waals surface area contributed by atoms with Crippen molar-refractivity contribution in [2.45, 2.75) is 33.2 Å². The van der Waals surface area contributed by atoms with Crippen LogP contribution in [0.2, 0.25) is 0 Å². The van der Waals surface area contributed by atoms with E-state index < -0.39 is 0 Å². The Morgan fingerprint density at radius 2 is 2.17 bits per heavy atom. The van der Waals surface area contributed by atoms with Crippen molar-refractivity contribution in [3.05, 3.63) is 18.7 Å². The number of nitrogens with zero attached hydrogens (tertiary/aromatic N) is 3. The van der Waals surface area contributed by atoms with Crippen LogP contribution in [0.25, 0.3) is 0 Å². The van der Waals surface area contributed by atoms with Crippen LogP contribution in [-0.2, 0) is 6.54 Å². The number of halogens is 1. The monoisotopic (exact) mass is 365 g/mol. The molecule has 0 aliphatic heterocycles. The summed E-state index contributed by atoms with van der Waals surface area (Å²) in [6.45, 7) is 7.89. The molecule has 0 spiro atoms. The highest BCUT2D eigenvalue weighted by Gasteiger charge is 1.95. The zero-order valence-electron chi connectivity index (χ0n) is 11.2. The quantitative estimate of drug-likeness (QED) is 0.336. The molecule has 104 valence electrons. The standard InChI is InChI=1S/C12H23N5.HI/c1-3-6-15-12(14-4-2)16-7-5-9-17-10-8-13-11-17;/h8,10-11H,3-7,9H2,1-2H3,(H2,14,15,16);1H. The van der Waals surface area contributed by atoms with E-state index in [1.54, 1.807) is 6.20 Å². The minimum Gasteiger partial charge on any atom is -0.357 e. The van der Waals surface area contributed by atoms with Crippen LogP contribution in [-0.4, -0.2) is 35.1 Å². The number of hydrogen-bond acceptors (Lipinski definition) is 2. The molecule has 6 heteroatoms. The largest absolute Gasteiger partial charge is 0.357 e. The number of aromatic nitrogens is 2. The Morgan fingerprint density at radius 1 is 1.33 bits per heavy atom. The second-order valence-corrected chi connectivity index (χ2v) is 3.84. The summed E-state index contributed by atoms with van der Waals surface area (Å²) in [5.41, 5.74) is 0. The normalized spacial score (nSPS) is 10.9. The Morgan fingerprint density at radius 3 is 2.78 bits per heavy atom. The SMILES string of the molecule is CCCN=C(NCC)NCCCn1ccnc1.I. The topological polar surface area (TPSA) is 54.2 Å². The molecule has 0 radical (unpaired) electrons. The predicted molar refractivity (Wildman–Crippen MR) is 86.5 cm³/mol. The number of rotatable bonds is 7. The van der Waals surface area contributed by atoms with Gasteiger partial charge in [0.1, 0.15) is 0 Å². The van der Waals surface area contributed by atoms with Crippen molar-refractivity contribution in [2.75, 3.05) is 19.6 Å². The summed E-state index contributed by atoms with van der Waals surface area (Å²) in [6.07, 6.45) is 7.77. The van der Waals surface area contributed by atoms with Crippen molar-refractivity contribution in [2.24, 2.45) is 4.99 Å². The van der Waals surface area contributed by atoms with Crippen molar-refractivity contribution in [1.82, 2.24) is 20.2 Å². The first kappa shape index (κ1) is 17.2. The molecule has 1 heterocycles. The zero-order valence-corrected chi connectivity index (χ0v) is 13.6. The maximum absolute atomic E-state index is 4.44. The van der Waals surface area contributed by atoms with E-state index in [2.05, 4.69) is 39.0 Å². The number of aliphatic imine (C=N–C) groups is 1. The van der Waals surface area contributed by atoms with Gasteiger partial charge in [-0.3, -0.25) is 4.99 Å². The second kappa shape index (κ2) is 11.3. The molecule has 2 N–H and O–H groups in total. The molecule has 0 aromatic carbocycles. The third-order valence-corrected chi connectivity index (χ3v) is 2.28. The van der Waals surface area contributed by atoms with Crippen LogP contribution in [0.3, 0.4) is 0 Å². The predicted octanol–water partition coefficient (Wildman–Crippen LogP) is 1.86. The van der Waals surface area contributed by atoms with E-state index in [0.717, 1.165) is 45.0 Å². The minimum absolute atomic E-state index is 0. The van der Waals surface area contributed by atoms with E-state index in [1.807, 2.05) is 12.5 Å². The molecule has 18 heavy (non-hydrogen) atoms. The fourth-order valence-electron chi connectivity index (χ4n) is 1.45. The summed E-state index contributed by atoms with van der Waals surface area (Å²) in [6, 6.07) is 0. The third-order valence-electron chi connectivity index (χ3n) is 2.28. The van der Waals surface area contributed by atoms with E-state index in [4.69, 9.17) is 0 Å². The lowest BCUT2D eigenvalue weighted by Gasteiger charge is -2.11. The first-order valence-corrected chi connectivity index (χ1v) is 6.34. The number of hydrogen-bond donors (Lipinski definition) is 2. The molecule has 0 fully saturated rings. The van der Waals surface area contributed by atoms with Crippen LogP contribution in [0.5, 0.6) is 0 Å². The van der Waals surface area contributed by atoms with Crippen LogP contribution in [0.15, 0.2) is 23.7 Å². The van der Waals surface area contributed by atoms with Gasteiger partial charge in [-0.1, -0.05) is 6.92 Å². The smallest absolute Gasteiger partial charge is 0.191 e. The lowest BCUT2D eigenvalue weighted by Crippen LogP contribution is -2.38. The fourth-order valence-corrected chi connectivity index (χ4v) is 1.45. The van der Waals surface area contributed by atoms with Crippen molar-refractivity contribution < 1.29 is 0 Å². The highest BCUT2D eigenvalue weighted by atomic mass is 127. The molecular weight excluding hydrogens is 341 g/mol. The number of guanidine groups is 1. The van der Waals surface area contributed by atoms with Crippen molar-refractivity contribution >= 4 is 29.9 Å². The third kappa shape index (κ3) is 7.52. The Bertz CT molecular complexity index is 310. The Hall–Kier alpha value is -0.790. The molecule has 0 aliphatic carbocycles. The van der Waals surface area contributed by atoms with Crippen LogP contribution >= 0.6 is 24.0 Å². The fraction of sp³-hybridized carbons (Fsp3) is 0.667. The Balaban J connectivity index is 0.00000289. The summed E-state index contributed by atoms with van der Waals surface area (Å²) < 4.78 is 2.08. The molecule has 0 bridgehead atoms. The molecule has 5 nitrogen and oxygen atoms in total. The maximum Gasteiger partial charge on any atom is 0.191 e. The molecule has 0 saturated carbocycles. The molecular formula is C12H24IN5. The zero-order chi connectivity index (χ0) is 12.3. The van der Waals surface area contributed by atoms with E-state index in [-0.39, 0.29) is 24.0 Å². The summed E-state index contributed by atoms with van der Waals surface area (Å²) in [4.78, 5) is 8.45. The van der Waals surface area contributed by atoms with E-state index in [9.17, 15) is 0 Å². The summed E-state index contributed by atoms with van der Waals surface area (Å²) in [5, 5.41) is 6.55. The van der Waals surface area contributed by atoms with Crippen molar-refractivity contribution in [3.63, 3.8) is 0 Å². The van der Waals surface area contributed by atoms with Gasteiger partial charge in [0.2, 0.25) is 0 Å². The maximum atomic E-state index is 4.44. The summed E-state index contributed by atoms with van der Waals surface area (Å²) in [7, 11) is 0. The van der Waals surface area contributed by atoms with Crippen molar-refractivity contribution in [3.8, 4) is 0 Å². The van der Waals surface area contributed by atoms with Gasteiger partial charge in [-0.05, 0) is 19.8 Å². The first-order chi connectivity index (χ1) is 8.36. The molecule has 1 rings (SSSR count). The molecule has 0 amide bonds. The molecule has 0 unspecified atom stereocenters. The lowest BCUT2D eigenvalue weighted by atomic mass is 10.4. The number of imidazole rings is 1. The highest BCUT2D eigenvalue weighted by Crippen LogP contribution is 1.89. The van der Waals surface area contributed by atoms with Gasteiger partial charge in [0.25, 0.3) is 0 Å². The molecule has 0 atom stereocenters. The summed E-state index contributed by atoms with van der Waals surface area (Å²) >= 11 is 0. The van der Waals surface area contributed by atoms with Gasteiger partial charge in [-0.15, -0.1) is 24.0 Å². The molecule has 1 aromatic rings. The Labute approximate surface area is 126 Å². The molecule has 0 saturated heterocycles. The summed E-state index contributed by atoms with van der Waals surface area (Å²) in [5.74, 6) is 0.917. The number of nitrogens with one attached hydrogen (secondary N) is 2. The van der Waals surface area contributed by atoms with Gasteiger partial charge in [0.15, 0.2) is 5.96 Å². The average Bonchev–Trinajstić information content (AvgIpc) is 2.84. The first-order valence-electron chi connectivity index (χ1n) is 6.34. The van der Waals surface area contributed by atoms with E-state index in [0.29, 0.717) is 0 Å². The minimum atomic E-state index is 0. The van der Waals surface area contributed by atoms with E-state index >= 15 is 0 Å². The van der Waals surface area contributed by atoms with E-state index in [1.165, 1.54) is 0 Å². The van der Waals surface area contributed by atoms with Gasteiger partial charge in [0.05, 0.1) is 6.33 Å². The van der Waals surface area contributed by atoms with Crippen molar-refractivity contribution in [1.29, 1.82) is 0 Å². The van der Waals surface area contributed by atoms with Crippen LogP contribution < -0.4 is 10.6 Å². The Kier molecular flexibility index (Phi) is 10.8. The van der Waals surface area contributed by atoms with Gasteiger partial charge in [-0.2, -0.15) is 0 Å². The van der Waals surface area contributed by atoms with Gasteiger partial charge in [-0.25, -0.2) is 4.98 Å². The van der Waals surface area contributed by atoms with Crippen LogP contribution in [0, 0.1) is 0 Å². The van der Waals surface area contributed by atoms with Crippen LogP contribution in [0.4, 0.5) is 0 Å². The number of aryl methyl sites for hydroxylation is 1. The van der Waals surface area contributed by atoms with Gasteiger partial charge in [0, 0.05) is 38.6 Å². The highest BCUT2D eigenvalue weighted by molar-refractivity contribution is 14.0. The average molecular weight is 365 g/mol. The molecule has 0 aliphatic rings. The lowest BCUT2D eigenvalue weighted by molar-refractivity contribution is 0.624. The van der Waals surface area contributed by atoms with Gasteiger partial charge >= 0.3 is 0 Å². The second-order valence-electron chi connectivity index (χ2n) is 3.84. The van der Waals surface area contributed by atoms with Crippen LogP contribution in [0.1, 0.15) is 26.7 Å². The molecule has 1 aromatic heterocycles. The van der Waals surface area contributed by atoms with Gasteiger partial charge < -0.3 is 15.2 Å².